The lowest BCUT2D eigenvalue weighted by Crippen LogP contribution is -2.43. The highest BCUT2D eigenvalue weighted by atomic mass is 35.5. The molecule has 3 aromatic rings. The first-order valence-corrected chi connectivity index (χ1v) is 13.3. The second-order valence-electron chi connectivity index (χ2n) is 9.90. The molecule has 0 saturated heterocycles. The van der Waals surface area contributed by atoms with Gasteiger partial charge in [-0.15, -0.1) is 0 Å². The number of nitrogens with one attached hydrogen (secondary N) is 3. The molecular weight excluding hydrogens is 525 g/mol. The topological polar surface area (TPSA) is 110 Å². The van der Waals surface area contributed by atoms with E-state index in [-0.39, 0.29) is 54.3 Å². The number of aryl methyl sites for hydroxylation is 1. The maximum Gasteiger partial charge on any atom is 0.323 e. The number of carbonyl (C=O) groups is 2. The number of fused-ring (bicyclic) bond motifs is 1. The lowest BCUT2D eigenvalue weighted by Gasteiger charge is -2.21. The summed E-state index contributed by atoms with van der Waals surface area (Å²) in [5, 5.41) is 6.41. The quantitative estimate of drug-likeness (QED) is 0.159. The molecule has 0 aliphatic rings. The molecule has 1 aromatic heterocycles. The molecule has 1 atom stereocenters. The van der Waals surface area contributed by atoms with Crippen molar-refractivity contribution in [2.45, 2.75) is 59.2 Å². The van der Waals surface area contributed by atoms with Crippen LogP contribution in [0.5, 0.6) is 0 Å². The van der Waals surface area contributed by atoms with Crippen molar-refractivity contribution >= 4 is 34.4 Å². The first-order chi connectivity index (χ1) is 18.6. The van der Waals surface area contributed by atoms with Crippen LogP contribution in [0.1, 0.15) is 55.6 Å². The van der Waals surface area contributed by atoms with Crippen molar-refractivity contribution in [2.24, 2.45) is 5.92 Å². The zero-order valence-corrected chi connectivity index (χ0v) is 23.4. The number of halogens is 2. The van der Waals surface area contributed by atoms with Crippen LogP contribution in [0.25, 0.3) is 10.9 Å². The Hall–Kier alpha value is -3.27. The molecule has 3 rings (SSSR count). The fraction of sp³-hybridized carbons (Fsp3) is 0.414. The van der Waals surface area contributed by atoms with Crippen molar-refractivity contribution in [1.29, 1.82) is 0 Å². The van der Waals surface area contributed by atoms with E-state index in [0.29, 0.717) is 23.4 Å². The van der Waals surface area contributed by atoms with Crippen LogP contribution in [0.4, 0.5) is 4.39 Å². The van der Waals surface area contributed by atoms with Gasteiger partial charge in [-0.1, -0.05) is 37.6 Å². The molecular formula is C29H35ClFN3O5. The predicted octanol–water partition coefficient (Wildman–Crippen LogP) is 4.72. The third-order valence-corrected chi connectivity index (χ3v) is 6.36. The van der Waals surface area contributed by atoms with E-state index >= 15 is 0 Å². The molecule has 0 fully saturated rings. The van der Waals surface area contributed by atoms with E-state index in [9.17, 15) is 18.8 Å². The van der Waals surface area contributed by atoms with Crippen LogP contribution in [0, 0.1) is 11.7 Å². The van der Waals surface area contributed by atoms with Gasteiger partial charge in [0.1, 0.15) is 17.4 Å². The molecule has 210 valence electrons. The summed E-state index contributed by atoms with van der Waals surface area (Å²) in [6.45, 7) is 8.22. The number of aromatic amines is 1. The third kappa shape index (κ3) is 8.61. The van der Waals surface area contributed by atoms with Gasteiger partial charge in [-0.2, -0.15) is 0 Å². The van der Waals surface area contributed by atoms with Crippen LogP contribution >= 0.6 is 11.6 Å². The number of amides is 1. The normalized spacial score (nSPS) is 12.2. The molecule has 0 aliphatic heterocycles. The number of ether oxygens (including phenoxy) is 2. The summed E-state index contributed by atoms with van der Waals surface area (Å²) in [6, 6.07) is 9.35. The molecule has 3 N–H and O–H groups in total. The van der Waals surface area contributed by atoms with Gasteiger partial charge in [0.2, 0.25) is 5.43 Å². The maximum absolute atomic E-state index is 14.8. The fourth-order valence-corrected chi connectivity index (χ4v) is 4.10. The molecule has 0 saturated carbocycles. The fourth-order valence-electron chi connectivity index (χ4n) is 3.97. The summed E-state index contributed by atoms with van der Waals surface area (Å²) in [7, 11) is 0. The highest BCUT2D eigenvalue weighted by molar-refractivity contribution is 6.30. The molecule has 0 spiro atoms. The van der Waals surface area contributed by atoms with Crippen molar-refractivity contribution in [3.05, 3.63) is 80.3 Å². The Bertz CT molecular complexity index is 1340. The zero-order chi connectivity index (χ0) is 28.5. The van der Waals surface area contributed by atoms with Gasteiger partial charge in [0.25, 0.3) is 5.91 Å². The smallest absolute Gasteiger partial charge is 0.323 e. The standard InChI is InChI=1S/C29H35ClFN3O5/c1-17(2)25(34-16-39-18(3)4)29(37)38-11-5-6-20-12-22-26(24(31)13-20)32-15-23(27(22)35)28(36)33-14-19-7-9-21(30)10-8-19/h7-10,12-13,15,17-18,25,34H,5-6,11,14,16H2,1-4H3,(H,32,35)(H,33,36). The van der Waals surface area contributed by atoms with E-state index in [1.807, 2.05) is 27.7 Å². The van der Waals surface area contributed by atoms with E-state index in [4.69, 9.17) is 21.1 Å². The number of H-pyrrole nitrogens is 1. The SMILES string of the molecule is CC(C)OCNC(C(=O)OCCCc1cc(F)c2[nH]cc(C(=O)NCc3ccc(Cl)cc3)c(=O)c2c1)C(C)C. The summed E-state index contributed by atoms with van der Waals surface area (Å²) >= 11 is 5.88. The highest BCUT2D eigenvalue weighted by Crippen LogP contribution is 2.18. The zero-order valence-electron chi connectivity index (χ0n) is 22.6. The van der Waals surface area contributed by atoms with Gasteiger partial charge in [-0.25, -0.2) is 4.39 Å². The molecule has 39 heavy (non-hydrogen) atoms. The molecule has 10 heteroatoms. The van der Waals surface area contributed by atoms with Gasteiger partial charge in [0.15, 0.2) is 0 Å². The second kappa shape index (κ2) is 14.2. The van der Waals surface area contributed by atoms with Gasteiger partial charge in [-0.3, -0.25) is 19.7 Å². The van der Waals surface area contributed by atoms with Gasteiger partial charge in [0, 0.05) is 23.2 Å². The number of aromatic nitrogens is 1. The second-order valence-corrected chi connectivity index (χ2v) is 10.3. The van der Waals surface area contributed by atoms with Crippen LogP contribution in [0.2, 0.25) is 5.02 Å². The maximum atomic E-state index is 14.8. The lowest BCUT2D eigenvalue weighted by molar-refractivity contribution is -0.148. The Morgan fingerprint density at radius 3 is 2.46 bits per heavy atom. The van der Waals surface area contributed by atoms with Crippen LogP contribution < -0.4 is 16.1 Å². The van der Waals surface area contributed by atoms with Crippen LogP contribution in [0.15, 0.2) is 47.4 Å². The van der Waals surface area contributed by atoms with Crippen molar-refractivity contribution in [2.75, 3.05) is 13.3 Å². The van der Waals surface area contributed by atoms with E-state index in [2.05, 4.69) is 15.6 Å². The number of esters is 1. The summed E-state index contributed by atoms with van der Waals surface area (Å²) in [6.07, 6.45) is 2.07. The minimum absolute atomic E-state index is 0.00663. The minimum Gasteiger partial charge on any atom is -0.465 e. The highest BCUT2D eigenvalue weighted by Gasteiger charge is 2.23. The van der Waals surface area contributed by atoms with Crippen LogP contribution in [0.3, 0.4) is 0 Å². The van der Waals surface area contributed by atoms with Crippen molar-refractivity contribution < 1.29 is 23.5 Å². The Morgan fingerprint density at radius 2 is 1.79 bits per heavy atom. The molecule has 1 heterocycles. The third-order valence-electron chi connectivity index (χ3n) is 6.11. The number of pyridine rings is 1. The molecule has 0 aliphatic carbocycles. The summed E-state index contributed by atoms with van der Waals surface area (Å²) in [4.78, 5) is 41.0. The monoisotopic (exact) mass is 559 g/mol. The van der Waals surface area contributed by atoms with Crippen molar-refractivity contribution in [3.8, 4) is 0 Å². The molecule has 0 bridgehead atoms. The summed E-state index contributed by atoms with van der Waals surface area (Å²) in [5.74, 6) is -1.54. The first kappa shape index (κ1) is 30.3. The summed E-state index contributed by atoms with van der Waals surface area (Å²) in [5.41, 5.74) is 0.719. The molecule has 0 radical (unpaired) electrons. The van der Waals surface area contributed by atoms with Crippen LogP contribution in [-0.4, -0.2) is 42.3 Å². The largest absolute Gasteiger partial charge is 0.465 e. The van der Waals surface area contributed by atoms with Crippen LogP contribution in [-0.2, 0) is 27.2 Å². The number of hydrogen-bond acceptors (Lipinski definition) is 6. The predicted molar refractivity (Wildman–Crippen MR) is 149 cm³/mol. The Labute approximate surface area is 232 Å². The lowest BCUT2D eigenvalue weighted by atomic mass is 10.0. The van der Waals surface area contributed by atoms with Crippen molar-refractivity contribution in [1.82, 2.24) is 15.6 Å². The van der Waals surface area contributed by atoms with E-state index < -0.39 is 23.2 Å². The van der Waals surface area contributed by atoms with Gasteiger partial charge < -0.3 is 19.8 Å². The average Bonchev–Trinajstić information content (AvgIpc) is 2.88. The van der Waals surface area contributed by atoms with Gasteiger partial charge in [-0.05, 0) is 68.0 Å². The van der Waals surface area contributed by atoms with Gasteiger partial charge >= 0.3 is 5.97 Å². The van der Waals surface area contributed by atoms with E-state index in [1.165, 1.54) is 12.3 Å². The Kier molecular flexibility index (Phi) is 11.0. The van der Waals surface area contributed by atoms with Gasteiger partial charge in [0.05, 0.1) is 25.0 Å². The first-order valence-electron chi connectivity index (χ1n) is 12.9. The number of hydrogen-bond donors (Lipinski definition) is 3. The minimum atomic E-state index is -0.598. The number of benzene rings is 2. The number of rotatable bonds is 13. The Balaban J connectivity index is 1.62. The molecule has 2 aromatic carbocycles. The average molecular weight is 560 g/mol. The Morgan fingerprint density at radius 1 is 1.08 bits per heavy atom. The molecule has 1 amide bonds. The summed E-state index contributed by atoms with van der Waals surface area (Å²) < 4.78 is 25.7. The van der Waals surface area contributed by atoms with Crippen molar-refractivity contribution in [3.63, 3.8) is 0 Å². The van der Waals surface area contributed by atoms with E-state index in [0.717, 1.165) is 5.56 Å². The van der Waals surface area contributed by atoms with E-state index in [1.54, 1.807) is 30.3 Å². The molecule has 8 nitrogen and oxygen atoms in total. The molecule has 1 unspecified atom stereocenters. The number of carbonyl (C=O) groups excluding carboxylic acids is 2.